The summed E-state index contributed by atoms with van der Waals surface area (Å²) < 4.78 is 23.0. The molecular weight excluding hydrogens is 1190 g/mol. The van der Waals surface area contributed by atoms with Crippen LogP contribution in [0.5, 0.6) is 0 Å². The van der Waals surface area contributed by atoms with E-state index in [2.05, 4.69) is 29.6 Å². The van der Waals surface area contributed by atoms with Crippen molar-refractivity contribution in [3.05, 3.63) is 185 Å². The highest BCUT2D eigenvalue weighted by Gasteiger charge is 2.62. The summed E-state index contributed by atoms with van der Waals surface area (Å²) >= 11 is 11.3. The van der Waals surface area contributed by atoms with Gasteiger partial charge in [0.25, 0.3) is 39.8 Å². The normalized spacial score (nSPS) is 11.9. The molecule has 85 heavy (non-hydrogen) atoms. The Balaban J connectivity index is 0.000000282. The number of benzene rings is 5. The van der Waals surface area contributed by atoms with Crippen molar-refractivity contribution in [1.29, 1.82) is 0 Å². The Morgan fingerprint density at radius 2 is 0.929 bits per heavy atom. The van der Waals surface area contributed by atoms with E-state index >= 15 is 0 Å². The monoisotopic (exact) mass is 1230 g/mol. The average molecular weight is 1230 g/mol. The molecule has 33 nitrogen and oxygen atoms in total. The van der Waals surface area contributed by atoms with Crippen molar-refractivity contribution in [2.24, 2.45) is 0 Å². The Bertz CT molecular complexity index is 3550. The first kappa shape index (κ1) is 68.2. The number of anilines is 2. The minimum absolute atomic E-state index is 0.000880. The summed E-state index contributed by atoms with van der Waals surface area (Å²) in [7, 11) is 4.07. The highest BCUT2D eigenvalue weighted by atomic mass is 35.5. The van der Waals surface area contributed by atoms with Gasteiger partial charge in [0.2, 0.25) is 5.91 Å². The van der Waals surface area contributed by atoms with Crippen LogP contribution in [0.2, 0.25) is 10.0 Å². The van der Waals surface area contributed by atoms with Gasteiger partial charge in [-0.2, -0.15) is 0 Å². The number of hydrogen-bond donors (Lipinski definition) is 4. The summed E-state index contributed by atoms with van der Waals surface area (Å²) in [5.74, 6) is -10.5. The van der Waals surface area contributed by atoms with Gasteiger partial charge in [0.05, 0.1) is 97.6 Å². The van der Waals surface area contributed by atoms with Crippen molar-refractivity contribution >= 4 is 117 Å². The van der Waals surface area contributed by atoms with Crippen LogP contribution in [0.4, 0.5) is 39.8 Å². The van der Waals surface area contributed by atoms with E-state index in [0.29, 0.717) is 12.1 Å². The van der Waals surface area contributed by atoms with Gasteiger partial charge in [-0.3, -0.25) is 69.7 Å². The smallest absolute Gasteiger partial charge is 0.340 e. The molecule has 0 aromatic heterocycles. The maximum Gasteiger partial charge on any atom is 0.340 e. The molecule has 0 bridgehead atoms. The maximum absolute atomic E-state index is 12.2. The number of carbonyl (C=O) groups is 9. The number of carboxylic acids is 2. The van der Waals surface area contributed by atoms with Crippen LogP contribution in [0.15, 0.2) is 91.0 Å². The molecule has 5 aromatic rings. The van der Waals surface area contributed by atoms with Gasteiger partial charge in [-0.15, -0.1) is 0 Å². The Labute approximate surface area is 485 Å². The van der Waals surface area contributed by atoms with Gasteiger partial charge in [-0.25, -0.2) is 24.0 Å². The number of ether oxygens (including phenoxy) is 5. The zero-order valence-corrected chi connectivity index (χ0v) is 46.1. The van der Waals surface area contributed by atoms with Crippen LogP contribution < -0.4 is 10.6 Å². The Hall–Kier alpha value is -11.1. The van der Waals surface area contributed by atoms with Crippen molar-refractivity contribution < 1.29 is 102 Å². The zero-order chi connectivity index (χ0) is 64.6. The van der Waals surface area contributed by atoms with Crippen LogP contribution in [-0.2, 0) is 64.3 Å². The van der Waals surface area contributed by atoms with Gasteiger partial charge >= 0.3 is 41.8 Å². The van der Waals surface area contributed by atoms with Crippen LogP contribution in [0.3, 0.4) is 0 Å². The molecular formula is C50H43Cl2N7O26. The fraction of sp³-hybridized carbons (Fsp3) is 0.220. The number of carbonyl (C=O) groups excluding carboxylic acids is 7. The van der Waals surface area contributed by atoms with E-state index in [9.17, 15) is 93.7 Å². The second-order valence-electron chi connectivity index (χ2n) is 17.5. The molecule has 0 aliphatic carbocycles. The third-order valence-electron chi connectivity index (χ3n) is 11.0. The van der Waals surface area contributed by atoms with Crippen molar-refractivity contribution in [3.63, 3.8) is 0 Å². The number of nitrogens with zero attached hydrogens (tertiary/aromatic N) is 5. The van der Waals surface area contributed by atoms with Crippen molar-refractivity contribution in [2.45, 2.75) is 44.1 Å². The number of nitrogens with one attached hydrogen (secondary N) is 2. The minimum atomic E-state index is -2.31. The summed E-state index contributed by atoms with van der Waals surface area (Å²) in [5, 5.41) is 75.2. The molecule has 0 saturated heterocycles. The SMILES string of the molecule is CC(C)(C)OC(=O)c1cc([N+](=O)[O-])ccc1Cl.COC(=O)C(C(=O)OC)c1ccc([N+](=O)[O-])cc1C(=O)O.COC(=O)C1(C(=O)OC)C(=O)Nc2cc([N+](=O)[O-])ccc21.O=C(O)c1cc([N+](=O)[O-])ccc1Cl.O=C1Cc2ccc([N+](=O)[O-])cc2N1. The quantitative estimate of drug-likeness (QED) is 0.0300. The van der Waals surface area contributed by atoms with Gasteiger partial charge in [0.15, 0.2) is 5.92 Å². The van der Waals surface area contributed by atoms with Crippen molar-refractivity contribution in [2.75, 3.05) is 39.1 Å². The fourth-order valence-electron chi connectivity index (χ4n) is 7.11. The molecule has 2 heterocycles. The van der Waals surface area contributed by atoms with Gasteiger partial charge in [0.1, 0.15) is 5.60 Å². The number of hydrogen-bond acceptors (Lipinski definition) is 24. The maximum atomic E-state index is 12.2. The van der Waals surface area contributed by atoms with E-state index in [1.54, 1.807) is 26.8 Å². The molecule has 0 atom stereocenters. The molecule has 5 aromatic carbocycles. The first-order chi connectivity index (χ1) is 39.6. The predicted octanol–water partition coefficient (Wildman–Crippen LogP) is 7.09. The number of rotatable bonds is 13. The second-order valence-corrected chi connectivity index (χ2v) is 18.3. The summed E-state index contributed by atoms with van der Waals surface area (Å²) in [6.45, 7) is 5.11. The number of esters is 5. The number of non-ortho nitro benzene ring substituents is 5. The van der Waals surface area contributed by atoms with Crippen molar-refractivity contribution in [3.8, 4) is 0 Å². The van der Waals surface area contributed by atoms with Crippen LogP contribution in [-0.4, -0.2) is 122 Å². The number of carboxylic acid groups (broad SMARTS) is 2. The molecule has 0 spiro atoms. The molecule has 0 fully saturated rings. The van der Waals surface area contributed by atoms with Crippen molar-refractivity contribution in [1.82, 2.24) is 0 Å². The molecule has 7 rings (SSSR count). The van der Waals surface area contributed by atoms with E-state index in [1.165, 1.54) is 30.3 Å². The lowest BCUT2D eigenvalue weighted by Gasteiger charge is -2.21. The lowest BCUT2D eigenvalue weighted by Crippen LogP contribution is -2.50. The highest BCUT2D eigenvalue weighted by molar-refractivity contribution is 6.34. The number of halogens is 2. The van der Waals surface area contributed by atoms with Gasteiger partial charge in [-0.05, 0) is 62.2 Å². The number of nitro groups is 5. The summed E-state index contributed by atoms with van der Waals surface area (Å²) in [6.07, 6.45) is 0.313. The summed E-state index contributed by atoms with van der Waals surface area (Å²) in [4.78, 5) is 153. The first-order valence-electron chi connectivity index (χ1n) is 23.0. The van der Waals surface area contributed by atoms with E-state index in [-0.39, 0.29) is 66.6 Å². The molecule has 2 aliphatic rings. The van der Waals surface area contributed by atoms with E-state index in [4.69, 9.17) is 38.2 Å². The van der Waals surface area contributed by atoms with Gasteiger partial charge in [-0.1, -0.05) is 23.2 Å². The third-order valence-corrected chi connectivity index (χ3v) is 11.6. The van der Waals surface area contributed by atoms with Gasteiger partial charge in [0, 0.05) is 66.2 Å². The topological polar surface area (TPSA) is 480 Å². The first-order valence-corrected chi connectivity index (χ1v) is 23.7. The van der Waals surface area contributed by atoms with E-state index in [1.807, 2.05) is 0 Å². The molecule has 35 heteroatoms. The zero-order valence-electron chi connectivity index (χ0n) is 44.6. The minimum Gasteiger partial charge on any atom is -0.478 e. The molecule has 0 radical (unpaired) electrons. The predicted molar refractivity (Wildman–Crippen MR) is 288 cm³/mol. The average Bonchev–Trinajstić information content (AvgIpc) is 1.70. The number of methoxy groups -OCH3 is 4. The Morgan fingerprint density at radius 1 is 0.541 bits per heavy atom. The standard InChI is InChI=1S/C12H10N2O7.C12H11NO8.C11H12ClNO4.C8H6N2O3.C7H4ClNO4/c1-20-10(16)12(11(17)21-2)7-4-3-6(14(18)19)5-8(7)13-9(12)15;1-20-11(16)9(12(17)21-2)7-4-3-6(13(18)19)5-8(7)10(14)15;1-11(2,3)17-10(14)8-6-7(13(15)16)4-5-9(8)12;11-8-3-5-1-2-6(10(12)13)4-7(5)9-8;8-6-2-1-4(9(12)13)3-5(6)7(10)11/h3-5H,1-2H3,(H,13,15);3-5,9H,1-2H3,(H,14,15);4-6H,1-3H3;1-2,4H,3H2,(H,9,11);1-3H,(H,10,11). The Morgan fingerprint density at radius 3 is 1.35 bits per heavy atom. The van der Waals surface area contributed by atoms with E-state index < -0.39 is 100 Å². The second kappa shape index (κ2) is 29.1. The lowest BCUT2D eigenvalue weighted by atomic mass is 9.81. The van der Waals surface area contributed by atoms with E-state index in [0.717, 1.165) is 88.6 Å². The molecule has 448 valence electrons. The van der Waals surface area contributed by atoms with Crippen LogP contribution in [0.1, 0.15) is 74.5 Å². The fourth-order valence-corrected chi connectivity index (χ4v) is 7.51. The highest BCUT2D eigenvalue weighted by Crippen LogP contribution is 2.42. The third kappa shape index (κ3) is 17.0. The Kier molecular flexibility index (Phi) is 23.3. The number of nitro benzene ring substituents is 5. The molecule has 2 aliphatic heterocycles. The van der Waals surface area contributed by atoms with Crippen LogP contribution in [0, 0.1) is 50.6 Å². The summed E-state index contributed by atoms with van der Waals surface area (Å²) in [5.41, 5.74) is -4.00. The van der Waals surface area contributed by atoms with Gasteiger partial charge < -0.3 is 44.5 Å². The number of aromatic carboxylic acids is 2. The molecule has 4 N–H and O–H groups in total. The molecule has 2 amide bonds. The number of amides is 2. The van der Waals surface area contributed by atoms with Crippen LogP contribution in [0.25, 0.3) is 0 Å². The van der Waals surface area contributed by atoms with Crippen LogP contribution >= 0.6 is 23.2 Å². The largest absolute Gasteiger partial charge is 0.478 e. The lowest BCUT2D eigenvalue weighted by molar-refractivity contribution is -0.385. The summed E-state index contributed by atoms with van der Waals surface area (Å²) in [6, 6.07) is 17.3. The molecule has 0 unspecified atom stereocenters. The number of fused-ring (bicyclic) bond motifs is 2. The molecule has 0 saturated carbocycles.